The number of amides is 2. The number of rotatable bonds is 2. The van der Waals surface area contributed by atoms with Gasteiger partial charge in [0.25, 0.3) is 0 Å². The van der Waals surface area contributed by atoms with Crippen LogP contribution in [0.15, 0.2) is 24.3 Å². The van der Waals surface area contributed by atoms with Gasteiger partial charge in [0.05, 0.1) is 0 Å². The number of likely N-dealkylation sites (tertiary alicyclic amines) is 1. The van der Waals surface area contributed by atoms with E-state index in [1.807, 2.05) is 0 Å². The number of nitrogens with zero attached hydrogens (tertiary/aromatic N) is 1. The Labute approximate surface area is 113 Å². The highest BCUT2D eigenvalue weighted by Crippen LogP contribution is 2.24. The minimum Gasteiger partial charge on any atom is -0.406 e. The summed E-state index contributed by atoms with van der Waals surface area (Å²) >= 11 is 0. The molecule has 1 unspecified atom stereocenters. The summed E-state index contributed by atoms with van der Waals surface area (Å²) in [5.74, 6) is -0.335. The van der Waals surface area contributed by atoms with Crippen LogP contribution in [0.2, 0.25) is 0 Å². The monoisotopic (exact) mass is 289 g/mol. The SMILES string of the molecule is NC1CCN(C(=O)Nc2ccc(OC(F)(F)F)cc2)C1. The first kappa shape index (κ1) is 14.4. The van der Waals surface area contributed by atoms with Gasteiger partial charge in [-0.05, 0) is 30.7 Å². The summed E-state index contributed by atoms with van der Waals surface area (Å²) in [7, 11) is 0. The quantitative estimate of drug-likeness (QED) is 0.876. The zero-order valence-electron chi connectivity index (χ0n) is 10.5. The number of urea groups is 1. The van der Waals surface area contributed by atoms with Crippen LogP contribution in [0, 0.1) is 0 Å². The van der Waals surface area contributed by atoms with Crippen molar-refractivity contribution in [2.24, 2.45) is 5.73 Å². The van der Waals surface area contributed by atoms with Gasteiger partial charge in [-0.1, -0.05) is 0 Å². The third kappa shape index (κ3) is 4.02. The average molecular weight is 289 g/mol. The Morgan fingerprint density at radius 3 is 2.50 bits per heavy atom. The predicted octanol–water partition coefficient (Wildman–Crippen LogP) is 2.15. The van der Waals surface area contributed by atoms with Crippen LogP contribution in [-0.2, 0) is 0 Å². The van der Waals surface area contributed by atoms with E-state index in [0.29, 0.717) is 18.8 Å². The molecule has 1 aromatic rings. The number of nitrogens with one attached hydrogen (secondary N) is 1. The molecule has 0 bridgehead atoms. The van der Waals surface area contributed by atoms with Crippen LogP contribution in [0.5, 0.6) is 5.75 Å². The first-order valence-corrected chi connectivity index (χ1v) is 6.01. The molecule has 0 saturated carbocycles. The number of carbonyl (C=O) groups excluding carboxylic acids is 1. The predicted molar refractivity (Wildman–Crippen MR) is 66.3 cm³/mol. The number of halogens is 3. The van der Waals surface area contributed by atoms with Crippen LogP contribution in [0.25, 0.3) is 0 Å². The van der Waals surface area contributed by atoms with Gasteiger partial charge < -0.3 is 20.7 Å². The minimum atomic E-state index is -4.73. The summed E-state index contributed by atoms with van der Waals surface area (Å²) in [6, 6.07) is 4.62. The molecule has 1 aliphatic heterocycles. The molecule has 1 aromatic carbocycles. The van der Waals surface area contributed by atoms with Gasteiger partial charge in [0.15, 0.2) is 0 Å². The Morgan fingerprint density at radius 2 is 2.00 bits per heavy atom. The number of benzene rings is 1. The molecule has 20 heavy (non-hydrogen) atoms. The number of nitrogens with two attached hydrogens (primary N) is 1. The lowest BCUT2D eigenvalue weighted by molar-refractivity contribution is -0.274. The van der Waals surface area contributed by atoms with E-state index in [0.717, 1.165) is 18.6 Å². The Hall–Kier alpha value is -1.96. The van der Waals surface area contributed by atoms with Crippen molar-refractivity contribution in [1.29, 1.82) is 0 Å². The molecule has 1 aliphatic rings. The topological polar surface area (TPSA) is 67.6 Å². The second-order valence-corrected chi connectivity index (χ2v) is 4.50. The molecule has 1 fully saturated rings. The fourth-order valence-electron chi connectivity index (χ4n) is 1.91. The van der Waals surface area contributed by atoms with E-state index >= 15 is 0 Å². The zero-order valence-corrected chi connectivity index (χ0v) is 10.5. The van der Waals surface area contributed by atoms with E-state index < -0.39 is 6.36 Å². The number of ether oxygens (including phenoxy) is 1. The van der Waals surface area contributed by atoms with Crippen molar-refractivity contribution in [2.45, 2.75) is 18.8 Å². The standard InChI is InChI=1S/C12H14F3N3O2/c13-12(14,15)20-10-3-1-9(2-4-10)17-11(19)18-6-5-8(16)7-18/h1-4,8H,5-7,16H2,(H,17,19). The summed E-state index contributed by atoms with van der Waals surface area (Å²) in [5, 5.41) is 2.59. The Morgan fingerprint density at radius 1 is 1.35 bits per heavy atom. The van der Waals surface area contributed by atoms with Crippen LogP contribution in [0.3, 0.4) is 0 Å². The van der Waals surface area contributed by atoms with E-state index in [1.54, 1.807) is 4.90 Å². The highest BCUT2D eigenvalue weighted by molar-refractivity contribution is 5.89. The van der Waals surface area contributed by atoms with Gasteiger partial charge in [0.1, 0.15) is 5.75 Å². The number of hydrogen-bond acceptors (Lipinski definition) is 3. The highest BCUT2D eigenvalue weighted by atomic mass is 19.4. The van der Waals surface area contributed by atoms with Gasteiger partial charge in [-0.2, -0.15) is 0 Å². The highest BCUT2D eigenvalue weighted by Gasteiger charge is 2.31. The lowest BCUT2D eigenvalue weighted by atomic mass is 10.3. The Kier molecular flexibility index (Phi) is 4.03. The molecule has 0 aromatic heterocycles. The molecule has 8 heteroatoms. The smallest absolute Gasteiger partial charge is 0.406 e. The van der Waals surface area contributed by atoms with Gasteiger partial charge in [-0.3, -0.25) is 0 Å². The first-order valence-electron chi connectivity index (χ1n) is 6.01. The van der Waals surface area contributed by atoms with E-state index in [-0.39, 0.29) is 17.8 Å². The molecule has 1 saturated heterocycles. The maximum Gasteiger partial charge on any atom is 0.573 e. The molecule has 5 nitrogen and oxygen atoms in total. The Balaban J connectivity index is 1.92. The number of anilines is 1. The summed E-state index contributed by atoms with van der Waals surface area (Å²) in [6.07, 6.45) is -3.98. The van der Waals surface area contributed by atoms with Crippen molar-refractivity contribution in [2.75, 3.05) is 18.4 Å². The molecular formula is C12H14F3N3O2. The molecular weight excluding hydrogens is 275 g/mol. The number of carbonyl (C=O) groups is 1. The molecule has 1 atom stereocenters. The zero-order chi connectivity index (χ0) is 14.8. The van der Waals surface area contributed by atoms with Crippen LogP contribution in [-0.4, -0.2) is 36.4 Å². The van der Waals surface area contributed by atoms with Crippen molar-refractivity contribution >= 4 is 11.7 Å². The number of hydrogen-bond donors (Lipinski definition) is 2. The van der Waals surface area contributed by atoms with Crippen LogP contribution < -0.4 is 15.8 Å². The maximum absolute atomic E-state index is 12.0. The first-order chi connectivity index (χ1) is 9.33. The maximum atomic E-state index is 12.0. The lowest BCUT2D eigenvalue weighted by Gasteiger charge is -2.17. The van der Waals surface area contributed by atoms with E-state index in [1.165, 1.54) is 12.1 Å². The van der Waals surface area contributed by atoms with Gasteiger partial charge >= 0.3 is 12.4 Å². The third-order valence-electron chi connectivity index (χ3n) is 2.85. The molecule has 110 valence electrons. The largest absolute Gasteiger partial charge is 0.573 e. The normalized spacial score (nSPS) is 19.0. The minimum absolute atomic E-state index is 0.0247. The summed E-state index contributed by atoms with van der Waals surface area (Å²) < 4.78 is 39.7. The van der Waals surface area contributed by atoms with Crippen molar-refractivity contribution in [3.8, 4) is 5.75 Å². The van der Waals surface area contributed by atoms with E-state index in [2.05, 4.69) is 10.1 Å². The second kappa shape index (κ2) is 5.58. The number of alkyl halides is 3. The summed E-state index contributed by atoms with van der Waals surface area (Å²) in [4.78, 5) is 13.4. The molecule has 0 aliphatic carbocycles. The lowest BCUT2D eigenvalue weighted by Crippen LogP contribution is -2.35. The van der Waals surface area contributed by atoms with Crippen molar-refractivity contribution < 1.29 is 22.7 Å². The van der Waals surface area contributed by atoms with Gasteiger partial charge in [0, 0.05) is 24.8 Å². The van der Waals surface area contributed by atoms with Crippen LogP contribution >= 0.6 is 0 Å². The van der Waals surface area contributed by atoms with Crippen LogP contribution in [0.4, 0.5) is 23.7 Å². The van der Waals surface area contributed by atoms with Crippen molar-refractivity contribution in [3.63, 3.8) is 0 Å². The van der Waals surface area contributed by atoms with Crippen molar-refractivity contribution in [1.82, 2.24) is 4.90 Å². The van der Waals surface area contributed by atoms with Gasteiger partial charge in [0.2, 0.25) is 0 Å². The summed E-state index contributed by atoms with van der Waals surface area (Å²) in [5.41, 5.74) is 6.08. The molecule has 0 radical (unpaired) electrons. The van der Waals surface area contributed by atoms with Crippen molar-refractivity contribution in [3.05, 3.63) is 24.3 Å². The molecule has 3 N–H and O–H groups in total. The second-order valence-electron chi connectivity index (χ2n) is 4.50. The molecule has 1 heterocycles. The van der Waals surface area contributed by atoms with E-state index in [9.17, 15) is 18.0 Å². The average Bonchev–Trinajstić information content (AvgIpc) is 2.77. The fraction of sp³-hybridized carbons (Fsp3) is 0.417. The fourth-order valence-corrected chi connectivity index (χ4v) is 1.91. The van der Waals surface area contributed by atoms with Crippen LogP contribution in [0.1, 0.15) is 6.42 Å². The van der Waals surface area contributed by atoms with Gasteiger partial charge in [-0.25, -0.2) is 4.79 Å². The van der Waals surface area contributed by atoms with Gasteiger partial charge in [-0.15, -0.1) is 13.2 Å². The summed E-state index contributed by atoms with van der Waals surface area (Å²) in [6.45, 7) is 1.05. The van der Waals surface area contributed by atoms with E-state index in [4.69, 9.17) is 5.73 Å². The molecule has 0 spiro atoms. The Bertz CT molecular complexity index is 476. The molecule has 2 rings (SSSR count). The molecule has 2 amide bonds. The third-order valence-corrected chi connectivity index (χ3v) is 2.85.